The van der Waals surface area contributed by atoms with Crippen LogP contribution in [0.25, 0.3) is 11.1 Å². The number of amides is 2. The van der Waals surface area contributed by atoms with Gasteiger partial charge in [-0.2, -0.15) is 0 Å². The van der Waals surface area contributed by atoms with Crippen LogP contribution < -0.4 is 10.6 Å². The van der Waals surface area contributed by atoms with E-state index in [4.69, 9.17) is 0 Å². The molecule has 0 atom stereocenters. The Balaban J connectivity index is 1.97. The number of anilines is 1. The summed E-state index contributed by atoms with van der Waals surface area (Å²) in [7, 11) is 0. The van der Waals surface area contributed by atoms with E-state index in [1.807, 2.05) is 19.1 Å². The van der Waals surface area contributed by atoms with Gasteiger partial charge in [0.25, 0.3) is 0 Å². The normalized spacial score (nSPS) is 12.9. The average molecular weight is 270 g/mol. The highest BCUT2D eigenvalue weighted by Crippen LogP contribution is 2.31. The molecule has 2 aromatic rings. The van der Waals surface area contributed by atoms with E-state index in [9.17, 15) is 9.59 Å². The molecule has 0 bridgehead atoms. The molecule has 1 aliphatic heterocycles. The Bertz CT molecular complexity index is 690. The zero-order valence-corrected chi connectivity index (χ0v) is 11.0. The lowest BCUT2D eigenvalue weighted by Crippen LogP contribution is -2.26. The maximum absolute atomic E-state index is 11.7. The van der Waals surface area contributed by atoms with E-state index in [0.29, 0.717) is 18.8 Å². The van der Waals surface area contributed by atoms with Gasteiger partial charge in [-0.25, -0.2) is 9.78 Å². The van der Waals surface area contributed by atoms with Crippen LogP contribution >= 0.6 is 0 Å². The second-order valence-electron chi connectivity index (χ2n) is 4.55. The molecule has 0 radical (unpaired) electrons. The van der Waals surface area contributed by atoms with Crippen molar-refractivity contribution in [2.75, 3.05) is 11.9 Å². The number of pyridine rings is 1. The van der Waals surface area contributed by atoms with Crippen LogP contribution in [0.1, 0.15) is 12.5 Å². The van der Waals surface area contributed by atoms with E-state index >= 15 is 0 Å². The Hall–Kier alpha value is -2.63. The lowest BCUT2D eigenvalue weighted by atomic mass is 10.0. The van der Waals surface area contributed by atoms with Crippen molar-refractivity contribution in [2.45, 2.75) is 13.3 Å². The minimum absolute atomic E-state index is 0.0527. The minimum Gasteiger partial charge on any atom is -0.338 e. The number of carbonyl (C=O) groups excluding carboxylic acids is 2. The number of fused-ring (bicyclic) bond motifs is 1. The van der Waals surface area contributed by atoms with E-state index in [0.717, 1.165) is 16.7 Å². The van der Waals surface area contributed by atoms with Gasteiger partial charge in [0.05, 0.1) is 6.42 Å². The number of nitrogens with zero attached hydrogens (tertiary/aromatic N) is 2. The molecule has 0 saturated carbocycles. The fourth-order valence-electron chi connectivity index (χ4n) is 2.31. The molecule has 102 valence electrons. The van der Waals surface area contributed by atoms with Gasteiger partial charge in [0.15, 0.2) is 0 Å². The Kier molecular flexibility index (Phi) is 2.98. The topological polar surface area (TPSA) is 76.0 Å². The van der Waals surface area contributed by atoms with Crippen molar-refractivity contribution < 1.29 is 9.59 Å². The highest BCUT2D eigenvalue weighted by atomic mass is 16.2. The molecule has 2 N–H and O–H groups in total. The van der Waals surface area contributed by atoms with Gasteiger partial charge >= 0.3 is 6.03 Å². The molecular weight excluding hydrogens is 256 g/mol. The second-order valence-corrected chi connectivity index (χ2v) is 4.55. The number of aromatic nitrogens is 2. The molecule has 0 unspecified atom stereocenters. The summed E-state index contributed by atoms with van der Waals surface area (Å²) in [6, 6.07) is 3.54. The molecule has 6 heteroatoms. The van der Waals surface area contributed by atoms with Crippen LogP contribution in [-0.2, 0) is 11.2 Å². The van der Waals surface area contributed by atoms with Gasteiger partial charge in [-0.1, -0.05) is 0 Å². The Morgan fingerprint density at radius 2 is 2.35 bits per heavy atom. The summed E-state index contributed by atoms with van der Waals surface area (Å²) in [6.45, 7) is 2.45. The molecule has 6 nitrogen and oxygen atoms in total. The third-order valence-electron chi connectivity index (χ3n) is 3.22. The fourth-order valence-corrected chi connectivity index (χ4v) is 2.31. The molecule has 0 aromatic carbocycles. The van der Waals surface area contributed by atoms with Gasteiger partial charge in [-0.05, 0) is 24.6 Å². The zero-order chi connectivity index (χ0) is 14.1. The standard InChI is InChI=1S/C14H14N4O2/c1-2-15-14(20)18-6-4-9(8-18)10-3-5-16-13-11(10)7-12(19)17-13/h3-6,8H,2,7H2,1H3,(H,15,20)(H,16,17,19). The minimum atomic E-state index is -0.168. The summed E-state index contributed by atoms with van der Waals surface area (Å²) in [5.41, 5.74) is 2.70. The van der Waals surface area contributed by atoms with Crippen LogP contribution in [0, 0.1) is 0 Å². The number of hydrogen-bond donors (Lipinski definition) is 2. The molecule has 3 heterocycles. The van der Waals surface area contributed by atoms with Crippen molar-refractivity contribution in [1.82, 2.24) is 14.9 Å². The van der Waals surface area contributed by atoms with Gasteiger partial charge < -0.3 is 10.6 Å². The van der Waals surface area contributed by atoms with Crippen molar-refractivity contribution in [3.05, 3.63) is 36.3 Å². The summed E-state index contributed by atoms with van der Waals surface area (Å²) in [4.78, 5) is 27.4. The molecule has 0 aliphatic carbocycles. The Morgan fingerprint density at radius 3 is 3.15 bits per heavy atom. The predicted octanol–water partition coefficient (Wildman–Crippen LogP) is 1.62. The smallest absolute Gasteiger partial charge is 0.325 e. The monoisotopic (exact) mass is 270 g/mol. The van der Waals surface area contributed by atoms with Crippen LogP contribution in [0.3, 0.4) is 0 Å². The van der Waals surface area contributed by atoms with Crippen molar-refractivity contribution >= 4 is 17.8 Å². The Morgan fingerprint density at radius 1 is 1.50 bits per heavy atom. The highest BCUT2D eigenvalue weighted by Gasteiger charge is 2.22. The molecule has 1 aliphatic rings. The molecule has 3 rings (SSSR count). The first-order chi connectivity index (χ1) is 9.69. The molecule has 0 spiro atoms. The summed E-state index contributed by atoms with van der Waals surface area (Å²) in [5, 5.41) is 5.45. The van der Waals surface area contributed by atoms with Crippen molar-refractivity contribution in [3.63, 3.8) is 0 Å². The van der Waals surface area contributed by atoms with E-state index < -0.39 is 0 Å². The van der Waals surface area contributed by atoms with Crippen LogP contribution in [0.2, 0.25) is 0 Å². The Labute approximate surface area is 115 Å². The van der Waals surface area contributed by atoms with Crippen molar-refractivity contribution in [2.24, 2.45) is 0 Å². The van der Waals surface area contributed by atoms with Crippen LogP contribution in [0.4, 0.5) is 10.6 Å². The molecule has 20 heavy (non-hydrogen) atoms. The lowest BCUT2D eigenvalue weighted by Gasteiger charge is -2.04. The van der Waals surface area contributed by atoms with Gasteiger partial charge in [0.2, 0.25) is 5.91 Å². The van der Waals surface area contributed by atoms with E-state index in [1.165, 1.54) is 4.57 Å². The summed E-state index contributed by atoms with van der Waals surface area (Å²) in [6.07, 6.45) is 5.44. The molecule has 0 fully saturated rings. The fraction of sp³-hybridized carbons (Fsp3) is 0.214. The molecule has 2 aromatic heterocycles. The third kappa shape index (κ3) is 2.05. The van der Waals surface area contributed by atoms with E-state index in [2.05, 4.69) is 15.6 Å². The summed E-state index contributed by atoms with van der Waals surface area (Å²) < 4.78 is 1.50. The first kappa shape index (κ1) is 12.4. The summed E-state index contributed by atoms with van der Waals surface area (Å²) >= 11 is 0. The largest absolute Gasteiger partial charge is 0.338 e. The molecule has 2 amide bonds. The second kappa shape index (κ2) is 4.80. The number of nitrogens with one attached hydrogen (secondary N) is 2. The summed E-state index contributed by atoms with van der Waals surface area (Å²) in [5.74, 6) is 0.557. The lowest BCUT2D eigenvalue weighted by molar-refractivity contribution is -0.115. The molecule has 0 saturated heterocycles. The first-order valence-electron chi connectivity index (χ1n) is 6.43. The number of carbonyl (C=O) groups is 2. The first-order valence-corrected chi connectivity index (χ1v) is 6.43. The SMILES string of the molecule is CCNC(=O)n1ccc(-c2ccnc3c2CC(=O)N3)c1. The quantitative estimate of drug-likeness (QED) is 0.870. The highest BCUT2D eigenvalue weighted by molar-refractivity contribution is 6.00. The third-order valence-corrected chi connectivity index (χ3v) is 3.22. The van der Waals surface area contributed by atoms with Gasteiger partial charge in [-0.3, -0.25) is 9.36 Å². The van der Waals surface area contributed by atoms with E-state index in [-0.39, 0.29) is 11.9 Å². The number of hydrogen-bond acceptors (Lipinski definition) is 3. The van der Waals surface area contributed by atoms with Crippen LogP contribution in [0.5, 0.6) is 0 Å². The maximum Gasteiger partial charge on any atom is 0.325 e. The van der Waals surface area contributed by atoms with Crippen LogP contribution in [-0.4, -0.2) is 28.0 Å². The zero-order valence-electron chi connectivity index (χ0n) is 11.0. The van der Waals surface area contributed by atoms with Gasteiger partial charge in [-0.15, -0.1) is 0 Å². The van der Waals surface area contributed by atoms with Crippen LogP contribution in [0.15, 0.2) is 30.7 Å². The van der Waals surface area contributed by atoms with Gasteiger partial charge in [0, 0.05) is 36.3 Å². The van der Waals surface area contributed by atoms with Crippen molar-refractivity contribution in [1.29, 1.82) is 0 Å². The number of rotatable bonds is 2. The maximum atomic E-state index is 11.7. The van der Waals surface area contributed by atoms with Crippen molar-refractivity contribution in [3.8, 4) is 11.1 Å². The molecular formula is C14H14N4O2. The van der Waals surface area contributed by atoms with E-state index in [1.54, 1.807) is 18.6 Å². The van der Waals surface area contributed by atoms with Gasteiger partial charge in [0.1, 0.15) is 5.82 Å². The average Bonchev–Trinajstić information content (AvgIpc) is 3.03. The predicted molar refractivity (Wildman–Crippen MR) is 74.5 cm³/mol.